The highest BCUT2D eigenvalue weighted by Gasteiger charge is 2.09. The number of rotatable bonds is 5. The topological polar surface area (TPSA) is 12.0 Å². The van der Waals surface area contributed by atoms with Crippen LogP contribution in [-0.4, -0.2) is 7.05 Å². The molecule has 0 saturated heterocycles. The molecule has 2 heteroatoms. The molecule has 0 bridgehead atoms. The van der Waals surface area contributed by atoms with E-state index in [4.69, 9.17) is 0 Å². The third kappa shape index (κ3) is 3.49. The van der Waals surface area contributed by atoms with Gasteiger partial charge in [0.05, 0.1) is 0 Å². The quantitative estimate of drug-likeness (QED) is 0.762. The Bertz CT molecular complexity index is 216. The SMILES string of the molecule is CNC(CCC(C)C)c1cccs1. The summed E-state index contributed by atoms with van der Waals surface area (Å²) in [6, 6.07) is 4.90. The van der Waals surface area contributed by atoms with Gasteiger partial charge >= 0.3 is 0 Å². The highest BCUT2D eigenvalue weighted by molar-refractivity contribution is 7.10. The maximum atomic E-state index is 3.37. The van der Waals surface area contributed by atoms with Crippen LogP contribution < -0.4 is 5.32 Å². The molecule has 1 nitrogen and oxygen atoms in total. The molecule has 1 aromatic heterocycles. The molecule has 0 spiro atoms. The average Bonchev–Trinajstić information content (AvgIpc) is 2.58. The summed E-state index contributed by atoms with van der Waals surface area (Å²) in [7, 11) is 2.05. The van der Waals surface area contributed by atoms with E-state index in [0.29, 0.717) is 6.04 Å². The Kier molecular flexibility index (Phi) is 4.46. The molecule has 1 rings (SSSR count). The van der Waals surface area contributed by atoms with Crippen molar-refractivity contribution in [1.29, 1.82) is 0 Å². The number of hydrogen-bond donors (Lipinski definition) is 1. The van der Waals surface area contributed by atoms with E-state index in [1.807, 2.05) is 18.4 Å². The largest absolute Gasteiger partial charge is 0.312 e. The van der Waals surface area contributed by atoms with E-state index in [0.717, 1.165) is 5.92 Å². The molecule has 0 aliphatic rings. The summed E-state index contributed by atoms with van der Waals surface area (Å²) in [5, 5.41) is 5.52. The Balaban J connectivity index is 2.44. The van der Waals surface area contributed by atoms with Gasteiger partial charge in [-0.3, -0.25) is 0 Å². The van der Waals surface area contributed by atoms with Crippen LogP contribution in [0.3, 0.4) is 0 Å². The third-order valence-electron chi connectivity index (χ3n) is 2.27. The van der Waals surface area contributed by atoms with E-state index in [-0.39, 0.29) is 0 Å². The van der Waals surface area contributed by atoms with Crippen molar-refractivity contribution in [1.82, 2.24) is 5.32 Å². The molecule has 1 atom stereocenters. The van der Waals surface area contributed by atoms with Gasteiger partial charge in [-0.15, -0.1) is 11.3 Å². The van der Waals surface area contributed by atoms with Gasteiger partial charge in [-0.2, -0.15) is 0 Å². The van der Waals surface area contributed by atoms with Gasteiger partial charge < -0.3 is 5.32 Å². The van der Waals surface area contributed by atoms with Crippen molar-refractivity contribution in [2.24, 2.45) is 5.92 Å². The highest BCUT2D eigenvalue weighted by Crippen LogP contribution is 2.24. The Morgan fingerprint density at radius 2 is 2.15 bits per heavy atom. The zero-order valence-electron chi connectivity index (χ0n) is 8.71. The first-order chi connectivity index (χ1) is 6.24. The molecule has 1 heterocycles. The number of hydrogen-bond acceptors (Lipinski definition) is 2. The van der Waals surface area contributed by atoms with Crippen LogP contribution in [0.5, 0.6) is 0 Å². The predicted molar refractivity (Wildman–Crippen MR) is 60.2 cm³/mol. The summed E-state index contributed by atoms with van der Waals surface area (Å²) in [5.74, 6) is 0.802. The van der Waals surface area contributed by atoms with E-state index in [2.05, 4.69) is 36.7 Å². The lowest BCUT2D eigenvalue weighted by molar-refractivity contribution is 0.469. The van der Waals surface area contributed by atoms with Crippen molar-refractivity contribution < 1.29 is 0 Å². The van der Waals surface area contributed by atoms with Crippen molar-refractivity contribution >= 4 is 11.3 Å². The molecule has 13 heavy (non-hydrogen) atoms. The van der Waals surface area contributed by atoms with E-state index < -0.39 is 0 Å². The Hall–Kier alpha value is -0.340. The van der Waals surface area contributed by atoms with Crippen LogP contribution in [0.2, 0.25) is 0 Å². The fourth-order valence-electron chi connectivity index (χ4n) is 1.42. The van der Waals surface area contributed by atoms with Crippen LogP contribution in [0.1, 0.15) is 37.6 Å². The minimum absolute atomic E-state index is 0.558. The summed E-state index contributed by atoms with van der Waals surface area (Å²) in [6.07, 6.45) is 2.54. The summed E-state index contributed by atoms with van der Waals surface area (Å²) in [4.78, 5) is 1.46. The second-order valence-corrected chi connectivity index (χ2v) is 4.81. The standard InChI is InChI=1S/C11H19NS/c1-9(2)6-7-10(12-3)11-5-4-8-13-11/h4-5,8-10,12H,6-7H2,1-3H3. The smallest absolute Gasteiger partial charge is 0.0412 e. The zero-order chi connectivity index (χ0) is 9.68. The molecule has 1 N–H and O–H groups in total. The van der Waals surface area contributed by atoms with E-state index in [1.165, 1.54) is 17.7 Å². The minimum atomic E-state index is 0.558. The molecule has 1 unspecified atom stereocenters. The fraction of sp³-hybridized carbons (Fsp3) is 0.636. The van der Waals surface area contributed by atoms with Crippen LogP contribution in [-0.2, 0) is 0 Å². The van der Waals surface area contributed by atoms with Crippen LogP contribution >= 0.6 is 11.3 Å². The maximum Gasteiger partial charge on any atom is 0.0412 e. The summed E-state index contributed by atoms with van der Waals surface area (Å²) in [5.41, 5.74) is 0. The van der Waals surface area contributed by atoms with E-state index in [9.17, 15) is 0 Å². The van der Waals surface area contributed by atoms with Gasteiger partial charge in [-0.05, 0) is 37.3 Å². The molecule has 0 saturated carbocycles. The van der Waals surface area contributed by atoms with Gasteiger partial charge in [0.1, 0.15) is 0 Å². The summed E-state index contributed by atoms with van der Waals surface area (Å²) in [6.45, 7) is 4.56. The summed E-state index contributed by atoms with van der Waals surface area (Å²) >= 11 is 1.84. The highest BCUT2D eigenvalue weighted by atomic mass is 32.1. The third-order valence-corrected chi connectivity index (χ3v) is 3.25. The molecule has 0 amide bonds. The van der Waals surface area contributed by atoms with Gasteiger partial charge in [0.25, 0.3) is 0 Å². The van der Waals surface area contributed by atoms with Crippen LogP contribution in [0.15, 0.2) is 17.5 Å². The van der Waals surface area contributed by atoms with Gasteiger partial charge in [0.15, 0.2) is 0 Å². The molecule has 0 fully saturated rings. The molecule has 1 aromatic rings. The lowest BCUT2D eigenvalue weighted by Crippen LogP contribution is -2.15. The first-order valence-electron chi connectivity index (χ1n) is 4.94. The molecular formula is C11H19NS. The molecule has 0 aliphatic carbocycles. The normalized spacial score (nSPS) is 13.5. The number of thiophene rings is 1. The van der Waals surface area contributed by atoms with Crippen molar-refractivity contribution in [2.45, 2.75) is 32.7 Å². The van der Waals surface area contributed by atoms with Gasteiger partial charge in [0, 0.05) is 10.9 Å². The monoisotopic (exact) mass is 197 g/mol. The Morgan fingerprint density at radius 1 is 1.38 bits per heavy atom. The average molecular weight is 197 g/mol. The van der Waals surface area contributed by atoms with Gasteiger partial charge in [-0.1, -0.05) is 19.9 Å². The van der Waals surface area contributed by atoms with Crippen molar-refractivity contribution in [3.05, 3.63) is 22.4 Å². The van der Waals surface area contributed by atoms with E-state index >= 15 is 0 Å². The van der Waals surface area contributed by atoms with Crippen LogP contribution in [0.25, 0.3) is 0 Å². The Morgan fingerprint density at radius 3 is 2.62 bits per heavy atom. The van der Waals surface area contributed by atoms with Crippen molar-refractivity contribution in [3.8, 4) is 0 Å². The molecule has 0 aliphatic heterocycles. The Labute approximate surface area is 85.2 Å². The minimum Gasteiger partial charge on any atom is -0.312 e. The fourth-order valence-corrected chi connectivity index (χ4v) is 2.29. The zero-order valence-corrected chi connectivity index (χ0v) is 9.53. The first kappa shape index (κ1) is 10.7. The maximum absolute atomic E-state index is 3.37. The van der Waals surface area contributed by atoms with Crippen LogP contribution in [0.4, 0.5) is 0 Å². The van der Waals surface area contributed by atoms with Crippen molar-refractivity contribution in [2.75, 3.05) is 7.05 Å². The lowest BCUT2D eigenvalue weighted by Gasteiger charge is -2.15. The molecule has 0 radical (unpaired) electrons. The lowest BCUT2D eigenvalue weighted by atomic mass is 10.0. The first-order valence-corrected chi connectivity index (χ1v) is 5.82. The molecule has 74 valence electrons. The van der Waals surface area contributed by atoms with E-state index in [1.54, 1.807) is 0 Å². The van der Waals surface area contributed by atoms with Gasteiger partial charge in [-0.25, -0.2) is 0 Å². The van der Waals surface area contributed by atoms with Crippen molar-refractivity contribution in [3.63, 3.8) is 0 Å². The second-order valence-electron chi connectivity index (χ2n) is 3.83. The predicted octanol–water partition coefficient (Wildman–Crippen LogP) is 3.44. The summed E-state index contributed by atoms with van der Waals surface area (Å²) < 4.78 is 0. The number of nitrogens with one attached hydrogen (secondary N) is 1. The second kappa shape index (κ2) is 5.40. The van der Waals surface area contributed by atoms with Gasteiger partial charge in [0.2, 0.25) is 0 Å². The molecule has 0 aromatic carbocycles. The van der Waals surface area contributed by atoms with Crippen LogP contribution in [0, 0.1) is 5.92 Å². The molecular weight excluding hydrogens is 178 g/mol.